The van der Waals surface area contributed by atoms with Crippen molar-refractivity contribution in [1.29, 1.82) is 0 Å². The van der Waals surface area contributed by atoms with Gasteiger partial charge in [-0.25, -0.2) is 4.79 Å². The van der Waals surface area contributed by atoms with Crippen LogP contribution in [0.1, 0.15) is 27.7 Å². The number of nitrogens with two attached hydrogens (primary N) is 1. The molecule has 0 heterocycles. The van der Waals surface area contributed by atoms with E-state index >= 15 is 0 Å². The van der Waals surface area contributed by atoms with Crippen molar-refractivity contribution in [2.45, 2.75) is 33.7 Å². The van der Waals surface area contributed by atoms with Crippen LogP contribution in [0.3, 0.4) is 0 Å². The average Bonchev–Trinajstić information content (AvgIpc) is 2.16. The molecule has 0 saturated heterocycles. The topological polar surface area (TPSA) is 88.0 Å². The number of amidine groups is 1. The third-order valence-electron chi connectivity index (χ3n) is 2.82. The SMILES string of the molecule is CN=C(C(=O)O)C(N)=N[C@@H](C)[C@@H](C)C(C)C. The van der Waals surface area contributed by atoms with Crippen LogP contribution in [0, 0.1) is 11.8 Å². The fraction of sp³-hybridized carbons (Fsp3) is 0.727. The lowest BCUT2D eigenvalue weighted by molar-refractivity contribution is -0.129. The Bertz CT molecular complexity index is 308. The molecule has 0 aliphatic carbocycles. The van der Waals surface area contributed by atoms with Crippen molar-refractivity contribution >= 4 is 17.5 Å². The number of aliphatic imine (C=N–C) groups is 2. The first-order valence-corrected chi connectivity index (χ1v) is 5.35. The number of nitrogens with zero attached hydrogens (tertiary/aromatic N) is 2. The zero-order valence-corrected chi connectivity index (χ0v) is 10.6. The monoisotopic (exact) mass is 227 g/mol. The number of hydrogen-bond donors (Lipinski definition) is 2. The minimum atomic E-state index is -1.15. The molecule has 0 aromatic rings. The maximum Gasteiger partial charge on any atom is 0.357 e. The Labute approximate surface area is 96.5 Å². The molecule has 0 aliphatic rings. The summed E-state index contributed by atoms with van der Waals surface area (Å²) in [4.78, 5) is 18.5. The zero-order chi connectivity index (χ0) is 12.9. The molecule has 2 atom stereocenters. The number of carbonyl (C=O) groups is 1. The van der Waals surface area contributed by atoms with Crippen LogP contribution in [-0.4, -0.2) is 35.7 Å². The predicted molar refractivity (Wildman–Crippen MR) is 66.1 cm³/mol. The Kier molecular flexibility index (Phi) is 5.71. The van der Waals surface area contributed by atoms with E-state index in [2.05, 4.69) is 30.8 Å². The van der Waals surface area contributed by atoms with Gasteiger partial charge in [-0.3, -0.25) is 9.98 Å². The molecule has 5 nitrogen and oxygen atoms in total. The number of aliphatic carboxylic acids is 1. The van der Waals surface area contributed by atoms with Crippen molar-refractivity contribution in [2.75, 3.05) is 7.05 Å². The second kappa shape index (κ2) is 6.25. The largest absolute Gasteiger partial charge is 0.476 e. The Balaban J connectivity index is 4.84. The lowest BCUT2D eigenvalue weighted by Crippen LogP contribution is -2.33. The van der Waals surface area contributed by atoms with Gasteiger partial charge >= 0.3 is 5.97 Å². The van der Waals surface area contributed by atoms with Gasteiger partial charge < -0.3 is 10.8 Å². The summed E-state index contributed by atoms with van der Waals surface area (Å²) in [5, 5.41) is 8.81. The number of carboxylic acid groups (broad SMARTS) is 1. The zero-order valence-electron chi connectivity index (χ0n) is 10.6. The summed E-state index contributed by atoms with van der Waals surface area (Å²) in [5.74, 6) is -0.341. The first-order valence-electron chi connectivity index (χ1n) is 5.35. The van der Waals surface area contributed by atoms with Crippen molar-refractivity contribution in [2.24, 2.45) is 27.6 Å². The summed E-state index contributed by atoms with van der Waals surface area (Å²) >= 11 is 0. The Morgan fingerprint density at radius 2 is 1.75 bits per heavy atom. The van der Waals surface area contributed by atoms with Gasteiger partial charge in [-0.05, 0) is 18.8 Å². The summed E-state index contributed by atoms with van der Waals surface area (Å²) in [7, 11) is 1.39. The molecule has 0 aromatic heterocycles. The third kappa shape index (κ3) is 4.00. The van der Waals surface area contributed by atoms with E-state index in [-0.39, 0.29) is 17.6 Å². The van der Waals surface area contributed by atoms with Gasteiger partial charge in [0.25, 0.3) is 0 Å². The molecule has 0 radical (unpaired) electrons. The minimum Gasteiger partial charge on any atom is -0.476 e. The molecule has 0 amide bonds. The van der Waals surface area contributed by atoms with Gasteiger partial charge in [0.2, 0.25) is 0 Å². The normalized spacial score (nSPS) is 17.4. The molecule has 0 spiro atoms. The quantitative estimate of drug-likeness (QED) is 0.546. The maximum absolute atomic E-state index is 10.8. The summed E-state index contributed by atoms with van der Waals surface area (Å²) in [6, 6.07) is -0.0175. The molecule has 3 N–H and O–H groups in total. The van der Waals surface area contributed by atoms with Crippen molar-refractivity contribution < 1.29 is 9.90 Å². The molecule has 0 rings (SSSR count). The number of hydrogen-bond acceptors (Lipinski definition) is 3. The van der Waals surface area contributed by atoms with Gasteiger partial charge in [-0.2, -0.15) is 0 Å². The number of carboxylic acids is 1. The fourth-order valence-corrected chi connectivity index (χ4v) is 1.27. The first kappa shape index (κ1) is 14.6. The lowest BCUT2D eigenvalue weighted by atomic mass is 9.92. The van der Waals surface area contributed by atoms with E-state index in [4.69, 9.17) is 10.8 Å². The summed E-state index contributed by atoms with van der Waals surface area (Å²) in [6.45, 7) is 8.18. The van der Waals surface area contributed by atoms with Crippen LogP contribution in [0.5, 0.6) is 0 Å². The molecule has 0 aliphatic heterocycles. The van der Waals surface area contributed by atoms with Gasteiger partial charge in [-0.1, -0.05) is 20.8 Å². The van der Waals surface area contributed by atoms with Gasteiger partial charge in [0.15, 0.2) is 11.5 Å². The van der Waals surface area contributed by atoms with Crippen LogP contribution in [0.4, 0.5) is 0 Å². The standard InChI is InChI=1S/C11H21N3O2/c1-6(2)7(3)8(4)14-10(12)9(13-5)11(15)16/h6-8H,1-5H3,(H2,12,14)(H,15,16)/t7-,8-/m0/s1. The third-order valence-corrected chi connectivity index (χ3v) is 2.82. The van der Waals surface area contributed by atoms with Crippen molar-refractivity contribution in [3.05, 3.63) is 0 Å². The second-order valence-electron chi connectivity index (χ2n) is 4.24. The van der Waals surface area contributed by atoms with Crippen LogP contribution in [0.2, 0.25) is 0 Å². The molecule has 0 unspecified atom stereocenters. The highest BCUT2D eigenvalue weighted by atomic mass is 16.4. The fourth-order valence-electron chi connectivity index (χ4n) is 1.27. The van der Waals surface area contributed by atoms with Crippen molar-refractivity contribution in [3.8, 4) is 0 Å². The minimum absolute atomic E-state index is 0.00463. The summed E-state index contributed by atoms with van der Waals surface area (Å²) in [5.41, 5.74) is 5.43. The smallest absolute Gasteiger partial charge is 0.357 e. The van der Waals surface area contributed by atoms with E-state index in [0.717, 1.165) is 0 Å². The van der Waals surface area contributed by atoms with Crippen LogP contribution < -0.4 is 5.73 Å². The highest BCUT2D eigenvalue weighted by molar-refractivity contribution is 6.64. The van der Waals surface area contributed by atoms with Crippen LogP contribution in [0.25, 0.3) is 0 Å². The molecule has 16 heavy (non-hydrogen) atoms. The average molecular weight is 227 g/mol. The number of rotatable bonds is 5. The summed E-state index contributed by atoms with van der Waals surface area (Å²) < 4.78 is 0. The Morgan fingerprint density at radius 1 is 1.25 bits per heavy atom. The van der Waals surface area contributed by atoms with E-state index in [1.165, 1.54) is 7.05 Å². The highest BCUT2D eigenvalue weighted by Crippen LogP contribution is 2.16. The van der Waals surface area contributed by atoms with E-state index in [9.17, 15) is 4.79 Å². The molecule has 5 heteroatoms. The lowest BCUT2D eigenvalue weighted by Gasteiger charge is -2.20. The Morgan fingerprint density at radius 3 is 2.06 bits per heavy atom. The maximum atomic E-state index is 10.8. The molecular formula is C11H21N3O2. The highest BCUT2D eigenvalue weighted by Gasteiger charge is 2.18. The van der Waals surface area contributed by atoms with Crippen LogP contribution in [0.15, 0.2) is 9.98 Å². The Hall–Kier alpha value is -1.39. The van der Waals surface area contributed by atoms with Gasteiger partial charge in [0, 0.05) is 7.05 Å². The predicted octanol–water partition coefficient (Wildman–Crippen LogP) is 1.18. The van der Waals surface area contributed by atoms with Crippen molar-refractivity contribution in [1.82, 2.24) is 0 Å². The van der Waals surface area contributed by atoms with Gasteiger partial charge in [-0.15, -0.1) is 0 Å². The molecule has 0 aromatic carbocycles. The van der Waals surface area contributed by atoms with E-state index in [1.807, 2.05) is 6.92 Å². The molecule has 0 fully saturated rings. The van der Waals surface area contributed by atoms with E-state index < -0.39 is 5.97 Å². The van der Waals surface area contributed by atoms with Crippen LogP contribution >= 0.6 is 0 Å². The molecule has 0 saturated carbocycles. The first-order chi connectivity index (χ1) is 7.31. The van der Waals surface area contributed by atoms with Crippen LogP contribution in [-0.2, 0) is 4.79 Å². The molecular weight excluding hydrogens is 206 g/mol. The van der Waals surface area contributed by atoms with Crippen molar-refractivity contribution in [3.63, 3.8) is 0 Å². The van der Waals surface area contributed by atoms with E-state index in [1.54, 1.807) is 0 Å². The van der Waals surface area contributed by atoms with Gasteiger partial charge in [0.05, 0.1) is 6.04 Å². The van der Waals surface area contributed by atoms with E-state index in [0.29, 0.717) is 11.8 Å². The molecule has 92 valence electrons. The molecule has 0 bridgehead atoms. The second-order valence-corrected chi connectivity index (χ2v) is 4.24. The summed E-state index contributed by atoms with van der Waals surface area (Å²) in [6.07, 6.45) is 0. The van der Waals surface area contributed by atoms with Gasteiger partial charge in [0.1, 0.15) is 0 Å².